The minimum absolute atomic E-state index is 0. The summed E-state index contributed by atoms with van der Waals surface area (Å²) < 4.78 is 1.73. The smallest absolute Gasteiger partial charge is 0.188 e. The average molecular weight is 412 g/mol. The van der Waals surface area contributed by atoms with E-state index in [-0.39, 0.29) is 24.0 Å². The van der Waals surface area contributed by atoms with Crippen LogP contribution in [-0.2, 0) is 6.54 Å². The molecular formula is C15H21IN6. The Morgan fingerprint density at radius 2 is 2.27 bits per heavy atom. The van der Waals surface area contributed by atoms with Gasteiger partial charge in [0, 0.05) is 6.54 Å². The molecular weight excluding hydrogens is 391 g/mol. The van der Waals surface area contributed by atoms with E-state index >= 15 is 0 Å². The minimum atomic E-state index is 0. The highest BCUT2D eigenvalue weighted by Crippen LogP contribution is 2.24. The Morgan fingerprint density at radius 3 is 2.95 bits per heavy atom. The maximum atomic E-state index is 5.89. The molecule has 1 aromatic carbocycles. The first-order valence-electron chi connectivity index (χ1n) is 7.29. The maximum absolute atomic E-state index is 5.89. The molecule has 0 unspecified atom stereocenters. The van der Waals surface area contributed by atoms with Crippen LogP contribution in [0.1, 0.15) is 24.8 Å². The van der Waals surface area contributed by atoms with Crippen molar-refractivity contribution in [1.82, 2.24) is 20.1 Å². The van der Waals surface area contributed by atoms with Gasteiger partial charge in [-0.1, -0.05) is 18.6 Å². The van der Waals surface area contributed by atoms with E-state index in [0.717, 1.165) is 23.7 Å². The summed E-state index contributed by atoms with van der Waals surface area (Å²) >= 11 is 0. The van der Waals surface area contributed by atoms with Gasteiger partial charge < -0.3 is 11.1 Å². The molecule has 1 saturated carbocycles. The van der Waals surface area contributed by atoms with Crippen molar-refractivity contribution in [3.05, 3.63) is 42.5 Å². The normalized spacial score (nSPS) is 15.0. The fraction of sp³-hybridized carbons (Fsp3) is 0.400. The molecule has 0 radical (unpaired) electrons. The molecule has 2 aromatic rings. The van der Waals surface area contributed by atoms with Crippen molar-refractivity contribution in [2.45, 2.75) is 25.8 Å². The SMILES string of the molecule is I.NC(=NCc1cccc(-n2cncn2)c1)NCC1CCC1. The van der Waals surface area contributed by atoms with Gasteiger partial charge in [0.1, 0.15) is 12.7 Å². The summed E-state index contributed by atoms with van der Waals surface area (Å²) in [4.78, 5) is 8.34. The van der Waals surface area contributed by atoms with Crippen LogP contribution in [-0.4, -0.2) is 27.3 Å². The predicted molar refractivity (Wildman–Crippen MR) is 97.4 cm³/mol. The molecule has 22 heavy (non-hydrogen) atoms. The van der Waals surface area contributed by atoms with Crippen LogP contribution in [0.25, 0.3) is 5.69 Å². The van der Waals surface area contributed by atoms with Crippen molar-refractivity contribution in [3.63, 3.8) is 0 Å². The lowest BCUT2D eigenvalue weighted by atomic mass is 9.85. The van der Waals surface area contributed by atoms with Gasteiger partial charge in [-0.15, -0.1) is 24.0 Å². The van der Waals surface area contributed by atoms with Gasteiger partial charge in [-0.3, -0.25) is 0 Å². The molecule has 0 atom stereocenters. The van der Waals surface area contributed by atoms with Gasteiger partial charge in [0.05, 0.1) is 12.2 Å². The highest BCUT2D eigenvalue weighted by Gasteiger charge is 2.16. The van der Waals surface area contributed by atoms with Gasteiger partial charge in [-0.05, 0) is 36.5 Å². The number of rotatable bonds is 5. The molecule has 0 saturated heterocycles. The molecule has 1 heterocycles. The van der Waals surface area contributed by atoms with Crippen LogP contribution in [0.3, 0.4) is 0 Å². The monoisotopic (exact) mass is 412 g/mol. The van der Waals surface area contributed by atoms with Crippen molar-refractivity contribution in [2.24, 2.45) is 16.6 Å². The maximum Gasteiger partial charge on any atom is 0.188 e. The first-order chi connectivity index (χ1) is 10.3. The van der Waals surface area contributed by atoms with E-state index in [4.69, 9.17) is 5.73 Å². The van der Waals surface area contributed by atoms with Crippen LogP contribution in [0.15, 0.2) is 41.9 Å². The van der Waals surface area contributed by atoms with Gasteiger partial charge in [-0.2, -0.15) is 5.10 Å². The Hall–Kier alpha value is -1.64. The summed E-state index contributed by atoms with van der Waals surface area (Å²) in [6.07, 6.45) is 7.16. The van der Waals surface area contributed by atoms with E-state index in [9.17, 15) is 0 Å². The van der Waals surface area contributed by atoms with Gasteiger partial charge in [0.15, 0.2) is 5.96 Å². The zero-order chi connectivity index (χ0) is 14.5. The van der Waals surface area contributed by atoms with E-state index in [1.807, 2.05) is 24.3 Å². The molecule has 0 bridgehead atoms. The van der Waals surface area contributed by atoms with Crippen LogP contribution in [0.5, 0.6) is 0 Å². The number of aliphatic imine (C=N–C) groups is 1. The standard InChI is InChI=1S/C15H20N6.HI/c16-15(18-8-12-3-1-4-12)19-9-13-5-2-6-14(7-13)21-11-17-10-20-21;/h2,5-7,10-12H,1,3-4,8-9H2,(H3,16,18,19);1H. The first kappa shape index (κ1) is 16.7. The van der Waals surface area contributed by atoms with Crippen LogP contribution >= 0.6 is 24.0 Å². The number of nitrogens with one attached hydrogen (secondary N) is 1. The predicted octanol–water partition coefficient (Wildman–Crippen LogP) is 2.09. The summed E-state index contributed by atoms with van der Waals surface area (Å²) in [6.45, 7) is 1.50. The van der Waals surface area contributed by atoms with Crippen molar-refractivity contribution < 1.29 is 0 Å². The molecule has 118 valence electrons. The third-order valence-electron chi connectivity index (χ3n) is 3.82. The topological polar surface area (TPSA) is 81.1 Å². The fourth-order valence-electron chi connectivity index (χ4n) is 2.32. The number of nitrogens with zero attached hydrogens (tertiary/aromatic N) is 4. The Balaban J connectivity index is 0.00000176. The fourth-order valence-corrected chi connectivity index (χ4v) is 2.32. The van der Waals surface area contributed by atoms with Crippen LogP contribution < -0.4 is 11.1 Å². The zero-order valence-corrected chi connectivity index (χ0v) is 14.7. The second-order valence-corrected chi connectivity index (χ2v) is 5.39. The number of aromatic nitrogens is 3. The van der Waals surface area contributed by atoms with Gasteiger partial charge in [0.2, 0.25) is 0 Å². The highest BCUT2D eigenvalue weighted by molar-refractivity contribution is 14.0. The Bertz CT molecular complexity index is 606. The highest BCUT2D eigenvalue weighted by atomic mass is 127. The van der Waals surface area contributed by atoms with Crippen molar-refractivity contribution >= 4 is 29.9 Å². The lowest BCUT2D eigenvalue weighted by Gasteiger charge is -2.25. The van der Waals surface area contributed by atoms with Crippen LogP contribution in [0.2, 0.25) is 0 Å². The molecule has 0 amide bonds. The third-order valence-corrected chi connectivity index (χ3v) is 3.82. The Kier molecular flexibility index (Phi) is 6.17. The van der Waals surface area contributed by atoms with Crippen LogP contribution in [0, 0.1) is 5.92 Å². The van der Waals surface area contributed by atoms with Crippen molar-refractivity contribution in [2.75, 3.05) is 6.54 Å². The summed E-state index contributed by atoms with van der Waals surface area (Å²) in [5.41, 5.74) is 7.96. The number of halogens is 1. The van der Waals surface area contributed by atoms with Crippen molar-refractivity contribution in [1.29, 1.82) is 0 Å². The number of nitrogens with two attached hydrogens (primary N) is 1. The van der Waals surface area contributed by atoms with Crippen LogP contribution in [0.4, 0.5) is 0 Å². The quantitative estimate of drug-likeness (QED) is 0.448. The summed E-state index contributed by atoms with van der Waals surface area (Å²) in [6, 6.07) is 8.04. The van der Waals surface area contributed by atoms with E-state index in [1.54, 1.807) is 11.0 Å². The minimum Gasteiger partial charge on any atom is -0.370 e. The Morgan fingerprint density at radius 1 is 1.41 bits per heavy atom. The summed E-state index contributed by atoms with van der Waals surface area (Å²) in [5, 5.41) is 7.32. The molecule has 0 aliphatic heterocycles. The molecule has 6 nitrogen and oxygen atoms in total. The second-order valence-electron chi connectivity index (χ2n) is 5.39. The molecule has 0 spiro atoms. The van der Waals surface area contributed by atoms with E-state index in [0.29, 0.717) is 12.5 Å². The van der Waals surface area contributed by atoms with Crippen molar-refractivity contribution in [3.8, 4) is 5.69 Å². The lowest BCUT2D eigenvalue weighted by Crippen LogP contribution is -2.37. The number of guanidine groups is 1. The summed E-state index contributed by atoms with van der Waals surface area (Å²) in [7, 11) is 0. The zero-order valence-electron chi connectivity index (χ0n) is 12.4. The number of benzene rings is 1. The lowest BCUT2D eigenvalue weighted by molar-refractivity contribution is 0.315. The Labute approximate surface area is 147 Å². The third kappa shape index (κ3) is 4.43. The van der Waals surface area contributed by atoms with Gasteiger partial charge >= 0.3 is 0 Å². The van der Waals surface area contributed by atoms with E-state index < -0.39 is 0 Å². The molecule has 7 heteroatoms. The summed E-state index contributed by atoms with van der Waals surface area (Å²) in [5.74, 6) is 1.29. The molecule has 1 aliphatic carbocycles. The molecule has 1 aliphatic rings. The average Bonchev–Trinajstić information content (AvgIpc) is 2.98. The van der Waals surface area contributed by atoms with E-state index in [2.05, 4.69) is 20.4 Å². The largest absolute Gasteiger partial charge is 0.370 e. The molecule has 3 N–H and O–H groups in total. The second kappa shape index (κ2) is 8.11. The molecule has 1 fully saturated rings. The number of hydrogen-bond acceptors (Lipinski definition) is 3. The number of hydrogen-bond donors (Lipinski definition) is 2. The van der Waals surface area contributed by atoms with Gasteiger partial charge in [0.25, 0.3) is 0 Å². The molecule has 3 rings (SSSR count). The molecule has 1 aromatic heterocycles. The van der Waals surface area contributed by atoms with Gasteiger partial charge in [-0.25, -0.2) is 14.7 Å². The van der Waals surface area contributed by atoms with E-state index in [1.165, 1.54) is 25.6 Å². The first-order valence-corrected chi connectivity index (χ1v) is 7.29.